The number of benzene rings is 2. The number of alkyl carbamates (subject to hydrolysis) is 1. The number of nitrogens with one attached hydrogen (secondary N) is 2. The van der Waals surface area contributed by atoms with Crippen molar-refractivity contribution in [3.05, 3.63) is 84.0 Å². The summed E-state index contributed by atoms with van der Waals surface area (Å²) in [4.78, 5) is 41.1. The smallest absolute Gasteiger partial charge is 0.408 e. The van der Waals surface area contributed by atoms with Crippen LogP contribution in [0.3, 0.4) is 0 Å². The number of aliphatic hydroxyl groups is 1. The largest absolute Gasteiger partial charge is 0.444 e. The van der Waals surface area contributed by atoms with E-state index in [4.69, 9.17) is 4.74 Å². The highest BCUT2D eigenvalue weighted by molar-refractivity contribution is 6.00. The van der Waals surface area contributed by atoms with Crippen LogP contribution in [0.15, 0.2) is 61.7 Å². The van der Waals surface area contributed by atoms with Crippen LogP contribution < -0.4 is 10.6 Å². The highest BCUT2D eigenvalue weighted by Gasteiger charge is 2.36. The van der Waals surface area contributed by atoms with Crippen molar-refractivity contribution in [3.8, 4) is 0 Å². The van der Waals surface area contributed by atoms with Crippen LogP contribution in [0.2, 0.25) is 0 Å². The summed E-state index contributed by atoms with van der Waals surface area (Å²) in [6.07, 6.45) is 2.27. The van der Waals surface area contributed by atoms with Crippen LogP contribution in [0, 0.1) is 13.8 Å². The molecule has 0 aliphatic heterocycles. The van der Waals surface area contributed by atoms with Gasteiger partial charge in [0.25, 0.3) is 5.91 Å². The average molecular weight is 508 g/mol. The van der Waals surface area contributed by atoms with Gasteiger partial charge in [-0.3, -0.25) is 9.59 Å². The average Bonchev–Trinajstić information content (AvgIpc) is 2.83. The number of aliphatic hydroxyl groups excluding tert-OH is 1. The lowest BCUT2D eigenvalue weighted by Crippen LogP contribution is -2.53. The number of hydrogen-bond donors (Lipinski definition) is 3. The summed E-state index contributed by atoms with van der Waals surface area (Å²) in [5.74, 6) is -1.12. The van der Waals surface area contributed by atoms with Crippen LogP contribution in [0.4, 0.5) is 10.5 Å². The van der Waals surface area contributed by atoms with E-state index in [1.807, 2.05) is 38.1 Å². The van der Waals surface area contributed by atoms with Gasteiger partial charge in [0.1, 0.15) is 17.7 Å². The fourth-order valence-corrected chi connectivity index (χ4v) is 3.83. The Balaban J connectivity index is 2.53. The Morgan fingerprint density at radius 1 is 1.08 bits per heavy atom. The number of nitrogens with zero attached hydrogens (tertiary/aromatic N) is 1. The molecule has 0 fully saturated rings. The van der Waals surface area contributed by atoms with Crippen molar-refractivity contribution in [3.63, 3.8) is 0 Å². The van der Waals surface area contributed by atoms with E-state index in [2.05, 4.69) is 23.8 Å². The van der Waals surface area contributed by atoms with Gasteiger partial charge in [-0.15, -0.1) is 6.58 Å². The number of anilines is 1. The number of para-hydroxylation sites is 1. The van der Waals surface area contributed by atoms with Crippen molar-refractivity contribution < 1.29 is 24.2 Å². The molecule has 8 nitrogen and oxygen atoms in total. The summed E-state index contributed by atoms with van der Waals surface area (Å²) in [6, 6.07) is 10.3. The predicted molar refractivity (Wildman–Crippen MR) is 146 cm³/mol. The standard InChI is InChI=1S/C29H37N3O5/c1-8-16-32(27(35)23(18-33)30-28(36)37-29(5,6)7)25(22-15-11-14-21(9-2)17-22)26(34)31-24-19(3)12-10-13-20(24)4/h8-15,17,23,25,33H,1-2,16,18H2,3-7H3,(H,30,36)(H,31,34). The number of carbonyl (C=O) groups is 3. The number of hydrogen-bond acceptors (Lipinski definition) is 5. The normalized spacial score (nSPS) is 12.6. The van der Waals surface area contributed by atoms with Crippen LogP contribution in [0.5, 0.6) is 0 Å². The minimum atomic E-state index is -1.34. The van der Waals surface area contributed by atoms with E-state index in [-0.39, 0.29) is 6.54 Å². The molecule has 0 heterocycles. The minimum absolute atomic E-state index is 0.0194. The first kappa shape index (κ1) is 29.3. The van der Waals surface area contributed by atoms with E-state index in [9.17, 15) is 19.5 Å². The Kier molecular flexibility index (Phi) is 10.2. The molecule has 0 saturated heterocycles. The van der Waals surface area contributed by atoms with Gasteiger partial charge in [-0.2, -0.15) is 0 Å². The Morgan fingerprint density at radius 2 is 1.70 bits per heavy atom. The second-order valence-electron chi connectivity index (χ2n) is 9.69. The van der Waals surface area contributed by atoms with Crippen molar-refractivity contribution in [2.45, 2.75) is 52.3 Å². The first-order chi connectivity index (χ1) is 17.4. The highest BCUT2D eigenvalue weighted by atomic mass is 16.6. The molecule has 198 valence electrons. The van der Waals surface area contributed by atoms with Gasteiger partial charge in [0.15, 0.2) is 0 Å². The first-order valence-electron chi connectivity index (χ1n) is 12.0. The van der Waals surface area contributed by atoms with E-state index >= 15 is 0 Å². The molecule has 0 spiro atoms. The molecule has 0 saturated carbocycles. The summed E-state index contributed by atoms with van der Waals surface area (Å²) >= 11 is 0. The topological polar surface area (TPSA) is 108 Å². The van der Waals surface area contributed by atoms with E-state index in [1.165, 1.54) is 11.0 Å². The summed E-state index contributed by atoms with van der Waals surface area (Å²) < 4.78 is 5.25. The SMILES string of the molecule is C=CCN(C(=O)C(CO)NC(=O)OC(C)(C)C)C(C(=O)Nc1c(C)cccc1C)c1cccc(C=C)c1. The van der Waals surface area contributed by atoms with Crippen molar-refractivity contribution >= 4 is 29.7 Å². The maximum atomic E-state index is 13.8. The molecule has 0 radical (unpaired) electrons. The fourth-order valence-electron chi connectivity index (χ4n) is 3.83. The van der Waals surface area contributed by atoms with Gasteiger partial charge in [0.05, 0.1) is 6.61 Å². The lowest BCUT2D eigenvalue weighted by molar-refractivity contribution is -0.140. The van der Waals surface area contributed by atoms with E-state index in [0.29, 0.717) is 11.3 Å². The monoisotopic (exact) mass is 507 g/mol. The maximum absolute atomic E-state index is 13.8. The van der Waals surface area contributed by atoms with Gasteiger partial charge in [-0.05, 0) is 62.9 Å². The van der Waals surface area contributed by atoms with Crippen LogP contribution in [-0.2, 0) is 14.3 Å². The van der Waals surface area contributed by atoms with Crippen molar-refractivity contribution in [1.82, 2.24) is 10.2 Å². The lowest BCUT2D eigenvalue weighted by Gasteiger charge is -2.33. The van der Waals surface area contributed by atoms with Gasteiger partial charge in [-0.1, -0.05) is 55.1 Å². The molecular weight excluding hydrogens is 470 g/mol. The third kappa shape index (κ3) is 8.05. The maximum Gasteiger partial charge on any atom is 0.408 e. The van der Waals surface area contributed by atoms with Crippen LogP contribution in [0.25, 0.3) is 6.08 Å². The predicted octanol–water partition coefficient (Wildman–Crippen LogP) is 4.53. The molecule has 2 unspecified atom stereocenters. The molecule has 8 heteroatoms. The van der Waals surface area contributed by atoms with Crippen molar-refractivity contribution in [2.75, 3.05) is 18.5 Å². The Hall–Kier alpha value is -3.91. The Labute approximate surface area is 219 Å². The zero-order valence-electron chi connectivity index (χ0n) is 22.2. The molecule has 37 heavy (non-hydrogen) atoms. The number of ether oxygens (including phenoxy) is 1. The Morgan fingerprint density at radius 3 is 2.24 bits per heavy atom. The molecule has 0 bridgehead atoms. The molecule has 3 N–H and O–H groups in total. The van der Waals surface area contributed by atoms with E-state index in [1.54, 1.807) is 45.0 Å². The van der Waals surface area contributed by atoms with E-state index < -0.39 is 42.2 Å². The summed E-state index contributed by atoms with van der Waals surface area (Å²) in [5.41, 5.74) is 2.88. The summed E-state index contributed by atoms with van der Waals surface area (Å²) in [6.45, 7) is 15.7. The number of aryl methyl sites for hydroxylation is 2. The molecule has 0 aromatic heterocycles. The minimum Gasteiger partial charge on any atom is -0.444 e. The number of amides is 3. The van der Waals surface area contributed by atoms with Gasteiger partial charge < -0.3 is 25.4 Å². The molecule has 3 amide bonds. The Bertz CT molecular complexity index is 1130. The van der Waals surface area contributed by atoms with E-state index in [0.717, 1.165) is 16.7 Å². The van der Waals surface area contributed by atoms with Gasteiger partial charge in [0, 0.05) is 12.2 Å². The third-order valence-corrected chi connectivity index (χ3v) is 5.53. The second kappa shape index (κ2) is 12.9. The van der Waals surface area contributed by atoms with Gasteiger partial charge in [-0.25, -0.2) is 4.79 Å². The number of carbonyl (C=O) groups excluding carboxylic acids is 3. The zero-order chi connectivity index (χ0) is 27.8. The summed E-state index contributed by atoms with van der Waals surface area (Å²) in [7, 11) is 0. The second-order valence-corrected chi connectivity index (χ2v) is 9.69. The molecular formula is C29H37N3O5. The first-order valence-corrected chi connectivity index (χ1v) is 12.0. The van der Waals surface area contributed by atoms with Gasteiger partial charge in [0.2, 0.25) is 5.91 Å². The highest BCUT2D eigenvalue weighted by Crippen LogP contribution is 2.27. The number of rotatable bonds is 10. The third-order valence-electron chi connectivity index (χ3n) is 5.53. The molecule has 0 aliphatic rings. The molecule has 2 aromatic rings. The molecule has 0 aliphatic carbocycles. The van der Waals surface area contributed by atoms with Crippen LogP contribution in [-0.4, -0.2) is 52.7 Å². The fraction of sp³-hybridized carbons (Fsp3) is 0.345. The molecule has 2 atom stereocenters. The molecule has 2 aromatic carbocycles. The van der Waals surface area contributed by atoms with Crippen LogP contribution in [0.1, 0.15) is 49.1 Å². The summed E-state index contributed by atoms with van der Waals surface area (Å²) in [5, 5.41) is 15.4. The van der Waals surface area contributed by atoms with Gasteiger partial charge >= 0.3 is 6.09 Å². The lowest BCUT2D eigenvalue weighted by atomic mass is 9.99. The van der Waals surface area contributed by atoms with Crippen molar-refractivity contribution in [2.24, 2.45) is 0 Å². The molecule has 2 rings (SSSR count). The quantitative estimate of drug-likeness (QED) is 0.410. The van der Waals surface area contributed by atoms with Crippen LogP contribution >= 0.6 is 0 Å². The van der Waals surface area contributed by atoms with Crippen molar-refractivity contribution in [1.29, 1.82) is 0 Å². The zero-order valence-corrected chi connectivity index (χ0v) is 22.2.